The summed E-state index contributed by atoms with van der Waals surface area (Å²) >= 11 is 0. The summed E-state index contributed by atoms with van der Waals surface area (Å²) in [7, 11) is 0. The van der Waals surface area contributed by atoms with Gasteiger partial charge in [-0.1, -0.05) is 6.07 Å². The summed E-state index contributed by atoms with van der Waals surface area (Å²) in [6.45, 7) is 3.65. The standard InChI is InChI=1S/C16H13N3O3/c1-9-6-13(11-4-3-5-14-15(11)22-8-21-14)18-16-12(10(2)20)7-17-19(9)16/h3-7H,8H2,1-2H3. The Morgan fingerprint density at radius 2 is 2.18 bits per heavy atom. The molecule has 3 heterocycles. The lowest BCUT2D eigenvalue weighted by Gasteiger charge is -2.08. The van der Waals surface area contributed by atoms with Crippen LogP contribution in [-0.2, 0) is 0 Å². The Kier molecular flexibility index (Phi) is 2.66. The predicted octanol–water partition coefficient (Wildman–Crippen LogP) is 2.64. The van der Waals surface area contributed by atoms with Crippen molar-refractivity contribution in [3.8, 4) is 22.8 Å². The maximum Gasteiger partial charge on any atom is 0.231 e. The number of ketones is 1. The molecule has 22 heavy (non-hydrogen) atoms. The van der Waals surface area contributed by atoms with Crippen LogP contribution < -0.4 is 9.47 Å². The van der Waals surface area contributed by atoms with Gasteiger partial charge in [-0.2, -0.15) is 5.10 Å². The van der Waals surface area contributed by atoms with E-state index in [1.54, 1.807) is 10.7 Å². The van der Waals surface area contributed by atoms with Crippen LogP contribution in [0.15, 0.2) is 30.5 Å². The van der Waals surface area contributed by atoms with Gasteiger partial charge in [0, 0.05) is 11.3 Å². The highest BCUT2D eigenvalue weighted by Crippen LogP contribution is 2.40. The summed E-state index contributed by atoms with van der Waals surface area (Å²) < 4.78 is 12.6. The monoisotopic (exact) mass is 295 g/mol. The number of aromatic nitrogens is 3. The average molecular weight is 295 g/mol. The zero-order chi connectivity index (χ0) is 15.3. The number of hydrogen-bond donors (Lipinski definition) is 0. The number of aryl methyl sites for hydroxylation is 1. The first-order valence-corrected chi connectivity index (χ1v) is 6.90. The topological polar surface area (TPSA) is 65.7 Å². The molecule has 2 aromatic heterocycles. The molecule has 0 N–H and O–H groups in total. The molecule has 1 aliphatic heterocycles. The van der Waals surface area contributed by atoms with Crippen LogP contribution in [0, 0.1) is 6.92 Å². The van der Waals surface area contributed by atoms with E-state index in [4.69, 9.17) is 9.47 Å². The molecule has 0 fully saturated rings. The van der Waals surface area contributed by atoms with Gasteiger partial charge in [-0.3, -0.25) is 4.79 Å². The Balaban J connectivity index is 1.98. The lowest BCUT2D eigenvalue weighted by molar-refractivity contribution is 0.101. The van der Waals surface area contributed by atoms with Crippen LogP contribution in [0.25, 0.3) is 16.9 Å². The molecule has 0 saturated heterocycles. The van der Waals surface area contributed by atoms with Crippen molar-refractivity contribution in [2.75, 3.05) is 6.79 Å². The van der Waals surface area contributed by atoms with E-state index in [0.29, 0.717) is 22.7 Å². The molecule has 1 aliphatic rings. The number of nitrogens with zero attached hydrogens (tertiary/aromatic N) is 3. The maximum absolute atomic E-state index is 11.7. The van der Waals surface area contributed by atoms with E-state index < -0.39 is 0 Å². The quantitative estimate of drug-likeness (QED) is 0.680. The average Bonchev–Trinajstić information content (AvgIpc) is 3.13. The highest BCUT2D eigenvalue weighted by atomic mass is 16.7. The third-order valence-corrected chi connectivity index (χ3v) is 3.70. The number of hydrogen-bond acceptors (Lipinski definition) is 5. The molecule has 6 heteroatoms. The van der Waals surface area contributed by atoms with Gasteiger partial charge in [-0.15, -0.1) is 0 Å². The Hall–Kier alpha value is -2.89. The minimum absolute atomic E-state index is 0.0584. The van der Waals surface area contributed by atoms with E-state index in [9.17, 15) is 4.79 Å². The van der Waals surface area contributed by atoms with Gasteiger partial charge in [-0.05, 0) is 32.0 Å². The molecule has 1 aromatic carbocycles. The molecule has 0 aliphatic carbocycles. The molecule has 0 spiro atoms. The SMILES string of the molecule is CC(=O)c1cnn2c(C)cc(-c3cccc4c3OCO4)nc12. The second-order valence-corrected chi connectivity index (χ2v) is 5.17. The van der Waals surface area contributed by atoms with Gasteiger partial charge >= 0.3 is 0 Å². The van der Waals surface area contributed by atoms with Crippen molar-refractivity contribution in [2.24, 2.45) is 0 Å². The molecule has 3 aromatic rings. The van der Waals surface area contributed by atoms with Crippen molar-refractivity contribution in [3.63, 3.8) is 0 Å². The Morgan fingerprint density at radius 1 is 1.32 bits per heavy atom. The van der Waals surface area contributed by atoms with Gasteiger partial charge in [0.2, 0.25) is 6.79 Å². The maximum atomic E-state index is 11.7. The number of carbonyl (C=O) groups is 1. The third kappa shape index (κ3) is 1.77. The molecule has 6 nitrogen and oxygen atoms in total. The number of rotatable bonds is 2. The molecule has 0 radical (unpaired) electrons. The molecule has 4 rings (SSSR count). The summed E-state index contributed by atoms with van der Waals surface area (Å²) in [6.07, 6.45) is 1.55. The van der Waals surface area contributed by atoms with Crippen molar-refractivity contribution in [2.45, 2.75) is 13.8 Å². The van der Waals surface area contributed by atoms with Gasteiger partial charge < -0.3 is 9.47 Å². The lowest BCUT2D eigenvalue weighted by atomic mass is 10.1. The first-order valence-electron chi connectivity index (χ1n) is 6.90. The van der Waals surface area contributed by atoms with Gasteiger partial charge in [0.1, 0.15) is 0 Å². The fourth-order valence-corrected chi connectivity index (χ4v) is 2.63. The van der Waals surface area contributed by atoms with Crippen LogP contribution in [0.4, 0.5) is 0 Å². The van der Waals surface area contributed by atoms with Crippen LogP contribution in [-0.4, -0.2) is 27.2 Å². The van der Waals surface area contributed by atoms with Gasteiger partial charge in [-0.25, -0.2) is 9.50 Å². The Bertz CT molecular complexity index is 914. The molecule has 0 bridgehead atoms. The van der Waals surface area contributed by atoms with Crippen LogP contribution in [0.3, 0.4) is 0 Å². The van der Waals surface area contributed by atoms with Crippen LogP contribution >= 0.6 is 0 Å². The van der Waals surface area contributed by atoms with Gasteiger partial charge in [0.05, 0.1) is 17.5 Å². The summed E-state index contributed by atoms with van der Waals surface area (Å²) in [5.41, 5.74) is 3.53. The molecule has 0 amide bonds. The number of benzene rings is 1. The molecular formula is C16H13N3O3. The summed E-state index contributed by atoms with van der Waals surface area (Å²) in [5.74, 6) is 1.33. The first kappa shape index (κ1) is 12.8. The lowest BCUT2D eigenvalue weighted by Crippen LogP contribution is -2.00. The normalized spacial score (nSPS) is 12.8. The highest BCUT2D eigenvalue weighted by Gasteiger charge is 2.21. The minimum Gasteiger partial charge on any atom is -0.454 e. The smallest absolute Gasteiger partial charge is 0.231 e. The van der Waals surface area contributed by atoms with Crippen molar-refractivity contribution in [1.29, 1.82) is 0 Å². The number of carbonyl (C=O) groups excluding carboxylic acids is 1. The van der Waals surface area contributed by atoms with Crippen molar-refractivity contribution in [1.82, 2.24) is 14.6 Å². The van der Waals surface area contributed by atoms with Crippen LogP contribution in [0.2, 0.25) is 0 Å². The van der Waals surface area contributed by atoms with E-state index in [0.717, 1.165) is 17.0 Å². The number of Topliss-reactive ketones (excluding diaryl/α,β-unsaturated/α-hetero) is 1. The summed E-state index contributed by atoms with van der Waals surface area (Å²) in [4.78, 5) is 16.3. The fraction of sp³-hybridized carbons (Fsp3) is 0.188. The van der Waals surface area contributed by atoms with Crippen LogP contribution in [0.5, 0.6) is 11.5 Å². The summed E-state index contributed by atoms with van der Waals surface area (Å²) in [5, 5.41) is 4.22. The molecule has 0 unspecified atom stereocenters. The minimum atomic E-state index is -0.0584. The largest absolute Gasteiger partial charge is 0.454 e. The van der Waals surface area contributed by atoms with Crippen molar-refractivity contribution >= 4 is 11.4 Å². The molecule has 0 saturated carbocycles. The van der Waals surface area contributed by atoms with Gasteiger partial charge in [0.15, 0.2) is 22.9 Å². The molecule has 110 valence electrons. The fourth-order valence-electron chi connectivity index (χ4n) is 2.63. The predicted molar refractivity (Wildman–Crippen MR) is 79.3 cm³/mol. The van der Waals surface area contributed by atoms with E-state index in [2.05, 4.69) is 10.1 Å². The van der Waals surface area contributed by atoms with E-state index in [1.807, 2.05) is 31.2 Å². The van der Waals surface area contributed by atoms with Crippen molar-refractivity contribution in [3.05, 3.63) is 41.7 Å². The zero-order valence-corrected chi connectivity index (χ0v) is 12.2. The molecular weight excluding hydrogens is 282 g/mol. The summed E-state index contributed by atoms with van der Waals surface area (Å²) in [6, 6.07) is 7.60. The van der Waals surface area contributed by atoms with E-state index >= 15 is 0 Å². The van der Waals surface area contributed by atoms with Gasteiger partial charge in [0.25, 0.3) is 0 Å². The highest BCUT2D eigenvalue weighted by molar-refractivity contribution is 5.99. The second kappa shape index (κ2) is 4.56. The zero-order valence-electron chi connectivity index (χ0n) is 12.2. The van der Waals surface area contributed by atoms with Crippen molar-refractivity contribution < 1.29 is 14.3 Å². The Morgan fingerprint density at radius 3 is 3.00 bits per heavy atom. The van der Waals surface area contributed by atoms with E-state index in [1.165, 1.54) is 6.92 Å². The molecule has 0 atom stereocenters. The Labute approximate surface area is 126 Å². The first-order chi connectivity index (χ1) is 10.6. The number of ether oxygens (including phenoxy) is 2. The number of fused-ring (bicyclic) bond motifs is 2. The van der Waals surface area contributed by atoms with E-state index in [-0.39, 0.29) is 12.6 Å². The van der Waals surface area contributed by atoms with Crippen LogP contribution in [0.1, 0.15) is 23.0 Å². The second-order valence-electron chi connectivity index (χ2n) is 5.17. The number of para-hydroxylation sites is 1. The third-order valence-electron chi connectivity index (χ3n) is 3.70.